The highest BCUT2D eigenvalue weighted by molar-refractivity contribution is 5.77. The van der Waals surface area contributed by atoms with Gasteiger partial charge in [-0.2, -0.15) is 0 Å². The number of hydrogen-bond donors (Lipinski definition) is 2. The second-order valence-corrected chi connectivity index (χ2v) is 3.24. The van der Waals surface area contributed by atoms with Gasteiger partial charge in [-0.25, -0.2) is 0 Å². The number of methoxy groups -OCH3 is 1. The number of rotatable bonds is 10. The number of hydrogen-bond acceptors (Lipinski definition) is 4. The summed E-state index contributed by atoms with van der Waals surface area (Å²) < 4.78 is 10.0. The van der Waals surface area contributed by atoms with Crippen molar-refractivity contribution >= 4 is 5.91 Å². The molecule has 0 unspecified atom stereocenters. The number of nitrogens with one attached hydrogen (secondary N) is 1. The largest absolute Gasteiger partial charge is 0.381 e. The quantitative estimate of drug-likeness (QED) is 0.599. The van der Waals surface area contributed by atoms with Gasteiger partial charge in [-0.05, 0) is 25.8 Å². The highest BCUT2D eigenvalue weighted by Crippen LogP contribution is 1.88. The fourth-order valence-corrected chi connectivity index (χ4v) is 1.03. The molecule has 3 N–H and O–H groups in total. The second-order valence-electron chi connectivity index (χ2n) is 3.24. The molecular formula is C14H34N2O3. The van der Waals surface area contributed by atoms with Gasteiger partial charge in [0.05, 0.1) is 0 Å². The summed E-state index contributed by atoms with van der Waals surface area (Å²) in [4.78, 5) is 10.9. The van der Waals surface area contributed by atoms with Crippen molar-refractivity contribution in [2.24, 2.45) is 5.73 Å². The van der Waals surface area contributed by atoms with Crippen LogP contribution in [0.2, 0.25) is 0 Å². The summed E-state index contributed by atoms with van der Waals surface area (Å²) in [7, 11) is 1.50. The Labute approximate surface area is 119 Å². The molecule has 118 valence electrons. The van der Waals surface area contributed by atoms with Gasteiger partial charge in [-0.15, -0.1) is 0 Å². The standard InChI is InChI=1S/C10H22N2O3.2C2H6/c1-14-9-10(13)12-6-4-8-15-7-3-2-5-11;2*1-2/h2-9,11H2,1H3,(H,12,13);2*1-2H3. The van der Waals surface area contributed by atoms with Crippen molar-refractivity contribution < 1.29 is 14.3 Å². The summed E-state index contributed by atoms with van der Waals surface area (Å²) in [5, 5.41) is 2.72. The van der Waals surface area contributed by atoms with Gasteiger partial charge in [-0.1, -0.05) is 27.7 Å². The van der Waals surface area contributed by atoms with E-state index in [-0.39, 0.29) is 12.5 Å². The van der Waals surface area contributed by atoms with Crippen LogP contribution in [0.3, 0.4) is 0 Å². The smallest absolute Gasteiger partial charge is 0.245 e. The van der Waals surface area contributed by atoms with Crippen LogP contribution in [0.4, 0.5) is 0 Å². The van der Waals surface area contributed by atoms with Crippen LogP contribution in [-0.2, 0) is 14.3 Å². The zero-order chi connectivity index (χ0) is 15.4. The minimum atomic E-state index is -0.0827. The Kier molecular flexibility index (Phi) is 32.1. The van der Waals surface area contributed by atoms with E-state index in [4.69, 9.17) is 10.5 Å². The van der Waals surface area contributed by atoms with Gasteiger partial charge in [0.25, 0.3) is 0 Å². The van der Waals surface area contributed by atoms with Crippen molar-refractivity contribution in [1.82, 2.24) is 5.32 Å². The number of ether oxygens (including phenoxy) is 2. The summed E-state index contributed by atoms with van der Waals surface area (Å²) in [6, 6.07) is 0. The van der Waals surface area contributed by atoms with E-state index in [1.165, 1.54) is 7.11 Å². The molecule has 0 aromatic heterocycles. The second kappa shape index (κ2) is 26.0. The van der Waals surface area contributed by atoms with Crippen LogP contribution in [0.1, 0.15) is 47.0 Å². The van der Waals surface area contributed by atoms with E-state index in [9.17, 15) is 4.79 Å². The van der Waals surface area contributed by atoms with Gasteiger partial charge in [0.1, 0.15) is 6.61 Å². The summed E-state index contributed by atoms with van der Waals surface area (Å²) in [6.45, 7) is 10.9. The van der Waals surface area contributed by atoms with Crippen molar-refractivity contribution in [3.63, 3.8) is 0 Å². The van der Waals surface area contributed by atoms with Crippen LogP contribution >= 0.6 is 0 Å². The highest BCUT2D eigenvalue weighted by Gasteiger charge is 1.97. The Hall–Kier alpha value is -0.650. The molecule has 0 fully saturated rings. The Bertz CT molecular complexity index is 156. The lowest BCUT2D eigenvalue weighted by Crippen LogP contribution is -2.28. The van der Waals surface area contributed by atoms with Crippen molar-refractivity contribution in [2.45, 2.75) is 47.0 Å². The Balaban J connectivity index is -0.000000579. The average molecular weight is 278 g/mol. The molecule has 19 heavy (non-hydrogen) atoms. The molecule has 5 heteroatoms. The number of nitrogens with two attached hydrogens (primary N) is 1. The van der Waals surface area contributed by atoms with E-state index in [0.717, 1.165) is 32.4 Å². The Morgan fingerprint density at radius 3 is 2.16 bits per heavy atom. The van der Waals surface area contributed by atoms with Crippen molar-refractivity contribution in [3.8, 4) is 0 Å². The maximum Gasteiger partial charge on any atom is 0.245 e. The first-order chi connectivity index (χ1) is 9.31. The molecule has 0 spiro atoms. The molecule has 0 rings (SSSR count). The molecule has 0 saturated carbocycles. The normalized spacial score (nSPS) is 8.74. The maximum atomic E-state index is 10.9. The lowest BCUT2D eigenvalue weighted by molar-refractivity contribution is -0.124. The van der Waals surface area contributed by atoms with Gasteiger partial charge in [0, 0.05) is 26.9 Å². The molecule has 5 nitrogen and oxygen atoms in total. The molecule has 0 bridgehead atoms. The third kappa shape index (κ3) is 26.8. The molecular weight excluding hydrogens is 244 g/mol. The van der Waals surface area contributed by atoms with Gasteiger partial charge in [-0.3, -0.25) is 4.79 Å². The van der Waals surface area contributed by atoms with Crippen molar-refractivity contribution in [2.75, 3.05) is 40.0 Å². The van der Waals surface area contributed by atoms with Gasteiger partial charge in [0.15, 0.2) is 0 Å². The molecule has 0 aliphatic rings. The summed E-state index contributed by atoms with van der Waals surface area (Å²) in [5.41, 5.74) is 5.34. The van der Waals surface area contributed by atoms with Crippen molar-refractivity contribution in [1.29, 1.82) is 0 Å². The van der Waals surface area contributed by atoms with Crippen molar-refractivity contribution in [3.05, 3.63) is 0 Å². The van der Waals surface area contributed by atoms with Crippen LogP contribution in [0, 0.1) is 0 Å². The third-order valence-electron chi connectivity index (χ3n) is 1.81. The van der Waals surface area contributed by atoms with Crippen LogP contribution in [0.5, 0.6) is 0 Å². The summed E-state index contributed by atoms with van der Waals surface area (Å²) in [5.74, 6) is -0.0827. The predicted molar refractivity (Wildman–Crippen MR) is 81.3 cm³/mol. The maximum absolute atomic E-state index is 10.9. The number of amides is 1. The fourth-order valence-electron chi connectivity index (χ4n) is 1.03. The molecule has 0 saturated heterocycles. The third-order valence-corrected chi connectivity index (χ3v) is 1.81. The molecule has 0 aliphatic carbocycles. The van der Waals surface area contributed by atoms with E-state index in [1.54, 1.807) is 0 Å². The number of unbranched alkanes of at least 4 members (excludes halogenated alkanes) is 1. The molecule has 0 radical (unpaired) electrons. The van der Waals surface area contributed by atoms with Crippen LogP contribution in [0.15, 0.2) is 0 Å². The van der Waals surface area contributed by atoms with E-state index >= 15 is 0 Å². The number of carbonyl (C=O) groups excluding carboxylic acids is 1. The highest BCUT2D eigenvalue weighted by atomic mass is 16.5. The van der Waals surface area contributed by atoms with E-state index in [0.29, 0.717) is 13.2 Å². The van der Waals surface area contributed by atoms with E-state index < -0.39 is 0 Å². The van der Waals surface area contributed by atoms with Crippen LogP contribution < -0.4 is 11.1 Å². The topological polar surface area (TPSA) is 73.6 Å². The molecule has 1 amide bonds. The molecule has 0 aromatic rings. The molecule has 0 aromatic carbocycles. The lowest BCUT2D eigenvalue weighted by Gasteiger charge is -2.05. The SMILES string of the molecule is CC.CC.COCC(=O)NCCCOCCCCN. The molecule has 0 atom stereocenters. The minimum absolute atomic E-state index is 0.0827. The monoisotopic (exact) mass is 278 g/mol. The number of carbonyl (C=O) groups is 1. The fraction of sp³-hybridized carbons (Fsp3) is 0.929. The zero-order valence-electron chi connectivity index (χ0n) is 13.5. The minimum Gasteiger partial charge on any atom is -0.381 e. The summed E-state index contributed by atoms with van der Waals surface area (Å²) >= 11 is 0. The Morgan fingerprint density at radius 1 is 1.05 bits per heavy atom. The zero-order valence-corrected chi connectivity index (χ0v) is 13.5. The summed E-state index contributed by atoms with van der Waals surface area (Å²) in [6.07, 6.45) is 2.84. The Morgan fingerprint density at radius 2 is 1.63 bits per heavy atom. The lowest BCUT2D eigenvalue weighted by atomic mass is 10.3. The first kappa shape index (κ1) is 23.4. The molecule has 0 heterocycles. The first-order valence-electron chi connectivity index (χ1n) is 7.34. The molecule has 0 aliphatic heterocycles. The van der Waals surface area contributed by atoms with Crippen LogP contribution in [-0.4, -0.2) is 45.9 Å². The van der Waals surface area contributed by atoms with Gasteiger partial charge >= 0.3 is 0 Å². The first-order valence-corrected chi connectivity index (χ1v) is 7.34. The predicted octanol–water partition coefficient (Wildman–Crippen LogP) is 1.95. The van der Waals surface area contributed by atoms with E-state index in [2.05, 4.69) is 10.1 Å². The van der Waals surface area contributed by atoms with Gasteiger partial charge in [0.2, 0.25) is 5.91 Å². The van der Waals surface area contributed by atoms with E-state index in [1.807, 2.05) is 27.7 Å². The average Bonchev–Trinajstić information content (AvgIpc) is 2.46. The van der Waals surface area contributed by atoms with Gasteiger partial charge < -0.3 is 20.5 Å². The van der Waals surface area contributed by atoms with Crippen LogP contribution in [0.25, 0.3) is 0 Å².